The van der Waals surface area contributed by atoms with Gasteiger partial charge in [0.05, 0.1) is 0 Å². The van der Waals surface area contributed by atoms with Crippen LogP contribution in [-0.2, 0) is 6.42 Å². The second-order valence-corrected chi connectivity index (χ2v) is 5.43. The molecule has 0 radical (unpaired) electrons. The third kappa shape index (κ3) is 3.34. The van der Waals surface area contributed by atoms with E-state index in [0.29, 0.717) is 6.54 Å². The summed E-state index contributed by atoms with van der Waals surface area (Å²) < 4.78 is 0. The summed E-state index contributed by atoms with van der Waals surface area (Å²) in [6.07, 6.45) is 0.911. The second kappa shape index (κ2) is 6.03. The molecule has 0 spiro atoms. The van der Waals surface area contributed by atoms with Crippen LogP contribution in [0.4, 0.5) is 0 Å². The highest BCUT2D eigenvalue weighted by Gasteiger charge is 2.05. The molecule has 1 aromatic heterocycles. The van der Waals surface area contributed by atoms with Crippen LogP contribution in [0.3, 0.4) is 0 Å². The van der Waals surface area contributed by atoms with Gasteiger partial charge in [0, 0.05) is 10.6 Å². The normalized spacial score (nSPS) is 10.6. The fourth-order valence-corrected chi connectivity index (χ4v) is 3.04. The van der Waals surface area contributed by atoms with Crippen molar-refractivity contribution in [2.24, 2.45) is 5.73 Å². The second-order valence-electron chi connectivity index (χ2n) is 4.37. The Morgan fingerprint density at radius 3 is 2.67 bits per heavy atom. The van der Waals surface area contributed by atoms with Crippen molar-refractivity contribution >= 4 is 11.8 Å². The van der Waals surface area contributed by atoms with Gasteiger partial charge in [0.2, 0.25) is 0 Å². The molecule has 1 heterocycles. The first kappa shape index (κ1) is 13.1. The van der Waals surface area contributed by atoms with Crippen LogP contribution in [0, 0.1) is 13.8 Å². The van der Waals surface area contributed by atoms with Gasteiger partial charge in [0.1, 0.15) is 5.03 Å². The van der Waals surface area contributed by atoms with E-state index >= 15 is 0 Å². The summed E-state index contributed by atoms with van der Waals surface area (Å²) >= 11 is 1.72. The van der Waals surface area contributed by atoms with Crippen LogP contribution in [0.25, 0.3) is 0 Å². The molecule has 2 nitrogen and oxygen atoms in total. The summed E-state index contributed by atoms with van der Waals surface area (Å²) in [6.45, 7) is 4.81. The first-order chi connectivity index (χ1) is 8.69. The lowest BCUT2D eigenvalue weighted by Crippen LogP contribution is -2.03. The molecule has 0 saturated carbocycles. The van der Waals surface area contributed by atoms with Crippen molar-refractivity contribution in [3.8, 4) is 0 Å². The van der Waals surface area contributed by atoms with Gasteiger partial charge in [-0.3, -0.25) is 0 Å². The van der Waals surface area contributed by atoms with E-state index in [2.05, 4.69) is 48.3 Å². The molecule has 0 bridgehead atoms. The molecule has 0 aliphatic carbocycles. The van der Waals surface area contributed by atoms with Crippen molar-refractivity contribution in [1.29, 1.82) is 0 Å². The molecule has 0 aliphatic rings. The minimum absolute atomic E-state index is 0.678. The zero-order chi connectivity index (χ0) is 13.0. The molecular formula is C15H18N2S. The number of nitrogens with two attached hydrogens (primary N) is 1. The SMILES string of the molecule is Cc1cc(C)nc(Sc2ccccc2CCN)c1. The molecule has 0 unspecified atom stereocenters. The maximum atomic E-state index is 5.65. The van der Waals surface area contributed by atoms with E-state index in [1.165, 1.54) is 16.0 Å². The summed E-state index contributed by atoms with van der Waals surface area (Å²) in [6, 6.07) is 12.6. The Bertz CT molecular complexity index is 518. The minimum Gasteiger partial charge on any atom is -0.330 e. The highest BCUT2D eigenvalue weighted by Crippen LogP contribution is 2.30. The van der Waals surface area contributed by atoms with Crippen molar-refractivity contribution < 1.29 is 0 Å². The Hall–Kier alpha value is -1.32. The average molecular weight is 258 g/mol. The maximum Gasteiger partial charge on any atom is 0.101 e. The highest BCUT2D eigenvalue weighted by atomic mass is 32.2. The van der Waals surface area contributed by atoms with Crippen LogP contribution >= 0.6 is 11.8 Å². The monoisotopic (exact) mass is 258 g/mol. The number of pyridine rings is 1. The number of aromatic nitrogens is 1. The molecule has 3 heteroatoms. The molecule has 2 rings (SSSR count). The van der Waals surface area contributed by atoms with E-state index in [0.717, 1.165) is 17.1 Å². The number of rotatable bonds is 4. The summed E-state index contributed by atoms with van der Waals surface area (Å²) in [4.78, 5) is 5.81. The summed E-state index contributed by atoms with van der Waals surface area (Å²) in [5, 5.41) is 1.05. The van der Waals surface area contributed by atoms with Crippen molar-refractivity contribution in [2.45, 2.75) is 30.2 Å². The van der Waals surface area contributed by atoms with E-state index in [4.69, 9.17) is 5.73 Å². The average Bonchev–Trinajstić information content (AvgIpc) is 2.30. The Balaban J connectivity index is 2.27. The van der Waals surface area contributed by atoms with Crippen molar-refractivity contribution in [1.82, 2.24) is 4.98 Å². The van der Waals surface area contributed by atoms with E-state index < -0.39 is 0 Å². The van der Waals surface area contributed by atoms with Gasteiger partial charge in [-0.2, -0.15) is 0 Å². The molecule has 0 saturated heterocycles. The van der Waals surface area contributed by atoms with E-state index in [1.54, 1.807) is 11.8 Å². The van der Waals surface area contributed by atoms with Gasteiger partial charge in [-0.05, 0) is 56.1 Å². The molecule has 94 valence electrons. The lowest BCUT2D eigenvalue weighted by molar-refractivity contribution is 0.942. The summed E-state index contributed by atoms with van der Waals surface area (Å²) in [5.41, 5.74) is 9.26. The molecule has 1 aromatic carbocycles. The molecule has 18 heavy (non-hydrogen) atoms. The van der Waals surface area contributed by atoms with Gasteiger partial charge in [0.25, 0.3) is 0 Å². The lowest BCUT2D eigenvalue weighted by Gasteiger charge is -2.08. The number of nitrogens with zero attached hydrogens (tertiary/aromatic N) is 1. The lowest BCUT2D eigenvalue weighted by atomic mass is 10.1. The quantitative estimate of drug-likeness (QED) is 0.914. The van der Waals surface area contributed by atoms with Crippen molar-refractivity contribution in [3.05, 3.63) is 53.2 Å². The third-order valence-corrected chi connectivity index (χ3v) is 3.71. The maximum absolute atomic E-state index is 5.65. The van der Waals surface area contributed by atoms with Crippen LogP contribution in [0.5, 0.6) is 0 Å². The van der Waals surface area contributed by atoms with Crippen molar-refractivity contribution in [3.63, 3.8) is 0 Å². The zero-order valence-corrected chi connectivity index (χ0v) is 11.6. The van der Waals surface area contributed by atoms with Crippen LogP contribution < -0.4 is 5.73 Å². The summed E-state index contributed by atoms with van der Waals surface area (Å²) in [7, 11) is 0. The smallest absolute Gasteiger partial charge is 0.101 e. The molecule has 2 aromatic rings. The predicted octanol–water partition coefficient (Wildman–Crippen LogP) is 3.35. The molecule has 0 fully saturated rings. The highest BCUT2D eigenvalue weighted by molar-refractivity contribution is 7.99. The van der Waals surface area contributed by atoms with E-state index in [-0.39, 0.29) is 0 Å². The standard InChI is InChI=1S/C15H18N2S/c1-11-9-12(2)17-15(10-11)18-14-6-4-3-5-13(14)7-8-16/h3-6,9-10H,7-8,16H2,1-2H3. The first-order valence-corrected chi connectivity index (χ1v) is 6.92. The Kier molecular flexibility index (Phi) is 4.39. The third-order valence-electron chi connectivity index (χ3n) is 2.68. The van der Waals surface area contributed by atoms with Gasteiger partial charge in [-0.1, -0.05) is 30.0 Å². The minimum atomic E-state index is 0.678. The molecule has 0 amide bonds. The van der Waals surface area contributed by atoms with Gasteiger partial charge < -0.3 is 5.73 Å². The fraction of sp³-hybridized carbons (Fsp3) is 0.267. The van der Waals surface area contributed by atoms with Gasteiger partial charge >= 0.3 is 0 Å². The van der Waals surface area contributed by atoms with Gasteiger partial charge in [0.15, 0.2) is 0 Å². The Morgan fingerprint density at radius 2 is 1.94 bits per heavy atom. The fourth-order valence-electron chi connectivity index (χ4n) is 1.93. The number of hydrogen-bond donors (Lipinski definition) is 1. The molecule has 2 N–H and O–H groups in total. The largest absolute Gasteiger partial charge is 0.330 e. The van der Waals surface area contributed by atoms with Crippen LogP contribution in [0.2, 0.25) is 0 Å². The van der Waals surface area contributed by atoms with Crippen LogP contribution in [-0.4, -0.2) is 11.5 Å². The molecular weight excluding hydrogens is 240 g/mol. The summed E-state index contributed by atoms with van der Waals surface area (Å²) in [5.74, 6) is 0. The van der Waals surface area contributed by atoms with Crippen LogP contribution in [0.15, 0.2) is 46.3 Å². The zero-order valence-electron chi connectivity index (χ0n) is 10.8. The number of aryl methyl sites for hydroxylation is 2. The number of benzene rings is 1. The number of hydrogen-bond acceptors (Lipinski definition) is 3. The Morgan fingerprint density at radius 1 is 1.17 bits per heavy atom. The van der Waals surface area contributed by atoms with Gasteiger partial charge in [-0.15, -0.1) is 0 Å². The molecule has 0 aliphatic heterocycles. The van der Waals surface area contributed by atoms with E-state index in [1.807, 2.05) is 6.92 Å². The topological polar surface area (TPSA) is 38.9 Å². The van der Waals surface area contributed by atoms with Crippen LogP contribution in [0.1, 0.15) is 16.8 Å². The first-order valence-electron chi connectivity index (χ1n) is 6.10. The predicted molar refractivity (Wildman–Crippen MR) is 77.0 cm³/mol. The molecule has 0 atom stereocenters. The Labute approximate surface area is 113 Å². The van der Waals surface area contributed by atoms with Crippen molar-refractivity contribution in [2.75, 3.05) is 6.54 Å². The van der Waals surface area contributed by atoms with Gasteiger partial charge in [-0.25, -0.2) is 4.98 Å². The van der Waals surface area contributed by atoms with E-state index in [9.17, 15) is 0 Å².